The Morgan fingerprint density at radius 1 is 1.26 bits per heavy atom. The Bertz CT molecular complexity index is 1420. The lowest BCUT2D eigenvalue weighted by Gasteiger charge is -2.37. The summed E-state index contributed by atoms with van der Waals surface area (Å²) in [6.45, 7) is 6.06. The lowest BCUT2D eigenvalue weighted by molar-refractivity contribution is -0.174. The van der Waals surface area contributed by atoms with Crippen molar-refractivity contribution < 1.29 is 38.1 Å². The van der Waals surface area contributed by atoms with Crippen molar-refractivity contribution in [2.45, 2.75) is 62.9 Å². The Kier molecular flexibility index (Phi) is 6.29. The molecule has 3 heterocycles. The zero-order valence-electron chi connectivity index (χ0n) is 21.3. The third kappa shape index (κ3) is 3.89. The minimum Gasteiger partial charge on any atom is -0.465 e. The molecule has 2 fully saturated rings. The quantitative estimate of drug-likeness (QED) is 0.226. The first-order chi connectivity index (χ1) is 17.9. The second kappa shape index (κ2) is 9.01. The van der Waals surface area contributed by atoms with Gasteiger partial charge in [0.05, 0.1) is 12.0 Å². The minimum absolute atomic E-state index is 0.123. The van der Waals surface area contributed by atoms with E-state index in [4.69, 9.17) is 24.3 Å². The van der Waals surface area contributed by atoms with Gasteiger partial charge in [0.15, 0.2) is 11.8 Å². The van der Waals surface area contributed by atoms with Crippen LogP contribution in [0, 0.1) is 0 Å². The summed E-state index contributed by atoms with van der Waals surface area (Å²) in [7, 11) is -4.36. The van der Waals surface area contributed by atoms with Crippen molar-refractivity contribution in [3.63, 3.8) is 0 Å². The number of aromatic nitrogens is 3. The van der Waals surface area contributed by atoms with Crippen molar-refractivity contribution in [2.24, 2.45) is 0 Å². The van der Waals surface area contributed by atoms with E-state index in [0.717, 1.165) is 0 Å². The lowest BCUT2D eigenvalue weighted by atomic mass is 9.92. The van der Waals surface area contributed by atoms with E-state index in [1.165, 1.54) is 27.1 Å². The average molecular weight is 548 g/mol. The summed E-state index contributed by atoms with van der Waals surface area (Å²) in [5, 5.41) is 26.4. The van der Waals surface area contributed by atoms with Crippen LogP contribution in [0.3, 0.4) is 0 Å². The van der Waals surface area contributed by atoms with E-state index >= 15 is 0 Å². The molecular formula is C24H30N5O8P. The number of carbonyl (C=O) groups excluding carboxylic acids is 1. The molecule has 5 rings (SSSR count). The number of hydrogen-bond donors (Lipinski definition) is 4. The molecular weight excluding hydrogens is 517 g/mol. The number of rotatable bonds is 9. The molecule has 14 heteroatoms. The number of fused-ring (bicyclic) bond motifs is 2. The summed E-state index contributed by atoms with van der Waals surface area (Å²) >= 11 is 0. The fourth-order valence-corrected chi connectivity index (χ4v) is 6.97. The molecule has 13 nitrogen and oxygen atoms in total. The van der Waals surface area contributed by atoms with Crippen molar-refractivity contribution in [3.05, 3.63) is 48.9 Å². The summed E-state index contributed by atoms with van der Waals surface area (Å²) in [6, 6.07) is 8.81. The van der Waals surface area contributed by atoms with Gasteiger partial charge in [-0.15, -0.1) is 0 Å². The van der Waals surface area contributed by atoms with Crippen LogP contribution in [-0.2, 0) is 23.4 Å². The predicted molar refractivity (Wildman–Crippen MR) is 135 cm³/mol. The molecule has 2 aromatic heterocycles. The molecule has 0 amide bonds. The maximum atomic E-state index is 14.0. The Morgan fingerprint density at radius 3 is 2.61 bits per heavy atom. The highest BCUT2D eigenvalue weighted by molar-refractivity contribution is 7.52. The number of nitrogens with one attached hydrogen (secondary N) is 1. The van der Waals surface area contributed by atoms with E-state index in [0.29, 0.717) is 11.0 Å². The maximum Gasteiger partial charge on any atom is 0.460 e. The summed E-state index contributed by atoms with van der Waals surface area (Å²) in [5.74, 6) is -0.219. The molecule has 0 spiro atoms. The van der Waals surface area contributed by atoms with Crippen LogP contribution >= 0.6 is 7.75 Å². The molecule has 1 saturated carbocycles. The van der Waals surface area contributed by atoms with Crippen LogP contribution in [0.15, 0.2) is 48.9 Å². The highest BCUT2D eigenvalue weighted by atomic mass is 31.2. The topological polar surface area (TPSA) is 180 Å². The monoisotopic (exact) mass is 547 g/mol. The third-order valence-corrected chi connectivity index (χ3v) is 8.91. The number of nitrogens with zero attached hydrogens (tertiary/aromatic N) is 3. The molecule has 0 radical (unpaired) electrons. The predicted octanol–water partition coefficient (Wildman–Crippen LogP) is 1.91. The number of esters is 1. The second-order valence-electron chi connectivity index (χ2n) is 9.70. The number of aliphatic hydroxyl groups is 2. The van der Waals surface area contributed by atoms with Gasteiger partial charge in [0, 0.05) is 6.20 Å². The van der Waals surface area contributed by atoms with Gasteiger partial charge >= 0.3 is 13.7 Å². The number of nitrogens with two attached hydrogens (primary N) is 1. The van der Waals surface area contributed by atoms with Crippen molar-refractivity contribution in [1.29, 1.82) is 0 Å². The number of anilines is 1. The van der Waals surface area contributed by atoms with Gasteiger partial charge in [-0.05, 0) is 45.9 Å². The Hall–Kier alpha value is -3.06. The lowest BCUT2D eigenvalue weighted by Crippen LogP contribution is -2.52. The van der Waals surface area contributed by atoms with E-state index < -0.39 is 48.9 Å². The average Bonchev–Trinajstić information content (AvgIpc) is 3.13. The van der Waals surface area contributed by atoms with Gasteiger partial charge in [0.2, 0.25) is 0 Å². The van der Waals surface area contributed by atoms with E-state index in [1.807, 2.05) is 0 Å². The molecule has 1 aromatic carbocycles. The Morgan fingerprint density at radius 2 is 1.97 bits per heavy atom. The zero-order valence-corrected chi connectivity index (χ0v) is 22.2. The van der Waals surface area contributed by atoms with Crippen LogP contribution in [0.1, 0.15) is 33.9 Å². The standard InChI is InChI=1S/C24H30N5O8P/c1-5-34-19(30)14(2)28-38(33,36-15-9-7-6-8-10-15)37-23(4)20-24(23,32)22(3,31)21(35-20)29-12-11-16-17(25)26-13-27-18(16)29/h6-14,20-21,31-32H,5H2,1-4H3,(H,28,33)(H2,25,26,27)/t14-,20+,21+,22-,23-,24+,38?/m0/s1. The van der Waals surface area contributed by atoms with Crippen LogP contribution in [0.2, 0.25) is 0 Å². The molecule has 5 N–H and O–H groups in total. The smallest absolute Gasteiger partial charge is 0.460 e. The normalized spacial score (nSPS) is 32.4. The number of benzene rings is 1. The number of carbonyl (C=O) groups is 1. The highest BCUT2D eigenvalue weighted by Gasteiger charge is 2.91. The van der Waals surface area contributed by atoms with Crippen molar-refractivity contribution in [3.8, 4) is 5.75 Å². The molecule has 38 heavy (non-hydrogen) atoms. The maximum absolute atomic E-state index is 14.0. The van der Waals surface area contributed by atoms with Crippen LogP contribution in [-0.4, -0.2) is 66.3 Å². The molecule has 204 valence electrons. The summed E-state index contributed by atoms with van der Waals surface area (Å²) < 4.78 is 38.3. The first-order valence-electron chi connectivity index (χ1n) is 12.0. The Balaban J connectivity index is 1.44. The van der Waals surface area contributed by atoms with E-state index in [1.54, 1.807) is 54.1 Å². The van der Waals surface area contributed by atoms with Gasteiger partial charge in [0.1, 0.15) is 46.9 Å². The van der Waals surface area contributed by atoms with Crippen LogP contribution in [0.5, 0.6) is 5.75 Å². The summed E-state index contributed by atoms with van der Waals surface area (Å²) in [5.41, 5.74) is 0.696. The molecule has 1 aliphatic carbocycles. The van der Waals surface area contributed by atoms with E-state index in [2.05, 4.69) is 15.1 Å². The first-order valence-corrected chi connectivity index (χ1v) is 13.6. The first kappa shape index (κ1) is 26.5. The molecule has 1 saturated heterocycles. The fourth-order valence-electron chi connectivity index (χ4n) is 5.11. The molecule has 2 aliphatic rings. The van der Waals surface area contributed by atoms with E-state index in [-0.39, 0.29) is 18.2 Å². The highest BCUT2D eigenvalue weighted by Crippen LogP contribution is 2.71. The molecule has 3 aromatic rings. The minimum atomic E-state index is -4.36. The Labute approximate surface area is 218 Å². The van der Waals surface area contributed by atoms with Gasteiger partial charge in [-0.1, -0.05) is 18.2 Å². The van der Waals surface area contributed by atoms with Crippen LogP contribution in [0.4, 0.5) is 5.82 Å². The number of hydrogen-bond acceptors (Lipinski definition) is 11. The van der Waals surface area contributed by atoms with Crippen molar-refractivity contribution >= 4 is 30.6 Å². The molecule has 1 aliphatic heterocycles. The molecule has 1 unspecified atom stereocenters. The fraction of sp³-hybridized carbons (Fsp3) is 0.458. The SMILES string of the molecule is CCOC(=O)[C@H](C)NP(=O)(Oc1ccccc1)O[C@@]1(C)[C@H]2O[C@@H](n3ccc4c(N)ncnc43)[C@](C)(O)[C@]21O. The number of para-hydroxylation sites is 1. The summed E-state index contributed by atoms with van der Waals surface area (Å²) in [4.78, 5) is 20.5. The van der Waals surface area contributed by atoms with Gasteiger partial charge in [-0.25, -0.2) is 14.5 Å². The summed E-state index contributed by atoms with van der Waals surface area (Å²) in [6.07, 6.45) is 0.710. The molecule has 7 atom stereocenters. The van der Waals surface area contributed by atoms with Crippen LogP contribution < -0.4 is 15.3 Å². The van der Waals surface area contributed by atoms with E-state index in [9.17, 15) is 19.6 Å². The van der Waals surface area contributed by atoms with Crippen molar-refractivity contribution in [2.75, 3.05) is 12.3 Å². The van der Waals surface area contributed by atoms with Gasteiger partial charge in [-0.2, -0.15) is 5.09 Å². The number of nitrogen functional groups attached to an aromatic ring is 1. The number of ether oxygens (including phenoxy) is 2. The van der Waals surface area contributed by atoms with Crippen LogP contribution in [0.25, 0.3) is 11.0 Å². The van der Waals surface area contributed by atoms with Gasteiger partial charge in [-0.3, -0.25) is 9.32 Å². The van der Waals surface area contributed by atoms with Crippen molar-refractivity contribution in [1.82, 2.24) is 19.6 Å². The second-order valence-corrected chi connectivity index (χ2v) is 11.3. The largest absolute Gasteiger partial charge is 0.465 e. The zero-order chi connectivity index (χ0) is 27.5. The van der Waals surface area contributed by atoms with Gasteiger partial charge < -0.3 is 34.5 Å². The third-order valence-electron chi connectivity index (χ3n) is 7.13. The molecule has 0 bridgehead atoms. The van der Waals surface area contributed by atoms with Gasteiger partial charge in [0.25, 0.3) is 0 Å².